The molecule has 8 heteroatoms. The van der Waals surface area contributed by atoms with E-state index in [1.165, 1.54) is 5.57 Å². The Morgan fingerprint density at radius 2 is 1.95 bits per heavy atom. The maximum atomic E-state index is 13.7. The van der Waals surface area contributed by atoms with Crippen LogP contribution in [0.1, 0.15) is 58.1 Å². The minimum Gasteiger partial charge on any atom is -0.484 e. The molecule has 0 bridgehead atoms. The zero-order valence-corrected chi connectivity index (χ0v) is 23.7. The molecule has 0 saturated carbocycles. The molecular formula is C29H39Cl2FN4O. The first kappa shape index (κ1) is 30.7. The molecule has 37 heavy (non-hydrogen) atoms. The quantitative estimate of drug-likeness (QED) is 0.155. The Morgan fingerprint density at radius 3 is 2.46 bits per heavy atom. The van der Waals surface area contributed by atoms with E-state index in [0.717, 1.165) is 56.5 Å². The summed E-state index contributed by atoms with van der Waals surface area (Å²) in [5.74, 6) is -0.449. The summed E-state index contributed by atoms with van der Waals surface area (Å²) in [6.45, 7) is 23.6. The highest BCUT2D eigenvalue weighted by molar-refractivity contribution is 6.36. The summed E-state index contributed by atoms with van der Waals surface area (Å²) < 4.78 is 21.8. The Balaban J connectivity index is 2.18. The molecule has 1 aliphatic rings. The van der Waals surface area contributed by atoms with Crippen LogP contribution in [0.4, 0.5) is 4.39 Å². The first-order chi connectivity index (χ1) is 17.5. The van der Waals surface area contributed by atoms with Crippen molar-refractivity contribution in [1.82, 2.24) is 14.7 Å². The second kappa shape index (κ2) is 14.4. The summed E-state index contributed by atoms with van der Waals surface area (Å²) in [6.07, 6.45) is 10.9. The van der Waals surface area contributed by atoms with E-state index in [4.69, 9.17) is 33.7 Å². The molecule has 2 N–H and O–H groups in total. The van der Waals surface area contributed by atoms with E-state index in [1.54, 1.807) is 26.0 Å². The van der Waals surface area contributed by atoms with Gasteiger partial charge in [-0.1, -0.05) is 74.5 Å². The van der Waals surface area contributed by atoms with Crippen LogP contribution in [0.2, 0.25) is 0 Å². The Kier molecular flexibility index (Phi) is 12.0. The summed E-state index contributed by atoms with van der Waals surface area (Å²) in [5, 5.41) is 4.45. The molecule has 5 nitrogen and oxygen atoms in total. The zero-order chi connectivity index (χ0) is 27.7. The van der Waals surface area contributed by atoms with Gasteiger partial charge in [0.05, 0.1) is 17.3 Å². The van der Waals surface area contributed by atoms with E-state index in [0.29, 0.717) is 17.5 Å². The first-order valence-electron chi connectivity index (χ1n) is 12.5. The van der Waals surface area contributed by atoms with Gasteiger partial charge in [-0.2, -0.15) is 5.10 Å². The molecule has 1 unspecified atom stereocenters. The molecule has 202 valence electrons. The lowest BCUT2D eigenvalue weighted by molar-refractivity contribution is 0.170. The van der Waals surface area contributed by atoms with E-state index in [2.05, 4.69) is 43.2 Å². The van der Waals surface area contributed by atoms with Gasteiger partial charge in [0.2, 0.25) is 0 Å². The Bertz CT molecular complexity index is 1100. The van der Waals surface area contributed by atoms with E-state index in [-0.39, 0.29) is 15.6 Å². The number of likely N-dealkylation sites (tertiary alicyclic amines) is 1. The van der Waals surface area contributed by atoms with E-state index < -0.39 is 11.9 Å². The van der Waals surface area contributed by atoms with Crippen molar-refractivity contribution in [2.24, 2.45) is 5.73 Å². The zero-order valence-electron chi connectivity index (χ0n) is 22.2. The van der Waals surface area contributed by atoms with Crippen LogP contribution < -0.4 is 5.73 Å². The maximum Gasteiger partial charge on any atom is 0.139 e. The van der Waals surface area contributed by atoms with Crippen molar-refractivity contribution < 1.29 is 9.13 Å². The number of ether oxygens (including phenoxy) is 1. The number of aromatic nitrogens is 2. The number of rotatable bonds is 13. The third kappa shape index (κ3) is 8.77. The lowest BCUT2D eigenvalue weighted by Crippen LogP contribution is -2.35. The van der Waals surface area contributed by atoms with Gasteiger partial charge in [0.1, 0.15) is 17.7 Å². The van der Waals surface area contributed by atoms with Crippen molar-refractivity contribution in [3.05, 3.63) is 94.9 Å². The lowest BCUT2D eigenvalue weighted by atomic mass is 10.0. The molecule has 1 saturated heterocycles. The number of nitrogens with zero attached hydrogens (tertiary/aromatic N) is 3. The van der Waals surface area contributed by atoms with Crippen LogP contribution in [0, 0.1) is 0 Å². The average molecular weight is 550 g/mol. The van der Waals surface area contributed by atoms with Crippen molar-refractivity contribution in [3.63, 3.8) is 0 Å². The van der Waals surface area contributed by atoms with Crippen LogP contribution in [0.5, 0.6) is 0 Å². The molecule has 2 rings (SSSR count). The molecule has 1 atom stereocenters. The lowest BCUT2D eigenvalue weighted by Gasteiger charge is -2.32. The Hall–Kier alpha value is -2.54. The summed E-state index contributed by atoms with van der Waals surface area (Å²) in [4.78, 5) is 2.47. The molecule has 0 spiro atoms. The fraction of sp³-hybridized carbons (Fsp3) is 0.414. The number of halogens is 3. The minimum atomic E-state index is -0.824. The van der Waals surface area contributed by atoms with Crippen molar-refractivity contribution >= 4 is 28.8 Å². The van der Waals surface area contributed by atoms with Gasteiger partial charge in [-0.3, -0.25) is 9.58 Å². The van der Waals surface area contributed by atoms with Crippen LogP contribution in [0.15, 0.2) is 89.4 Å². The van der Waals surface area contributed by atoms with E-state index in [9.17, 15) is 4.39 Å². The summed E-state index contributed by atoms with van der Waals surface area (Å²) >= 11 is 12.1. The molecule has 1 aliphatic heterocycles. The largest absolute Gasteiger partial charge is 0.484 e. The Morgan fingerprint density at radius 1 is 1.30 bits per heavy atom. The molecule has 2 heterocycles. The standard InChI is InChI=1S/C29H39Cl2FN4O/c1-8-10-19(3)17-35-13-11-26(12-14-35)36-18-25(16-34-36)24(9-2)15-27(22(6)33)37-23(7)28(20(4)30)29(31)21(5)32/h9,15-16,18,23,26H,2-5,8,10-14,17,33H2,1,6-7H3/b24-15+,27-22-,29-28-. The fourth-order valence-corrected chi connectivity index (χ4v) is 4.90. The summed E-state index contributed by atoms with van der Waals surface area (Å²) in [5.41, 5.74) is 9.70. The summed E-state index contributed by atoms with van der Waals surface area (Å²) in [6, 6.07) is 0.330. The van der Waals surface area contributed by atoms with Gasteiger partial charge in [0, 0.05) is 47.7 Å². The van der Waals surface area contributed by atoms with Crippen LogP contribution in [-0.2, 0) is 4.74 Å². The van der Waals surface area contributed by atoms with Gasteiger partial charge in [-0.15, -0.1) is 0 Å². The number of allylic oxidation sites excluding steroid dienone is 6. The third-order valence-corrected chi connectivity index (χ3v) is 6.90. The number of nitrogens with two attached hydrogens (primary N) is 1. The highest BCUT2D eigenvalue weighted by Crippen LogP contribution is 2.32. The maximum absolute atomic E-state index is 13.7. The van der Waals surface area contributed by atoms with Gasteiger partial charge in [0.25, 0.3) is 0 Å². The molecule has 0 aromatic carbocycles. The van der Waals surface area contributed by atoms with Gasteiger partial charge < -0.3 is 10.5 Å². The van der Waals surface area contributed by atoms with Gasteiger partial charge in [-0.25, -0.2) is 4.39 Å². The summed E-state index contributed by atoms with van der Waals surface area (Å²) in [7, 11) is 0. The number of hydrogen-bond donors (Lipinski definition) is 1. The Labute approximate surface area is 231 Å². The van der Waals surface area contributed by atoms with Crippen molar-refractivity contribution in [1.29, 1.82) is 0 Å². The van der Waals surface area contributed by atoms with Crippen molar-refractivity contribution in [2.75, 3.05) is 19.6 Å². The predicted molar refractivity (Wildman–Crippen MR) is 155 cm³/mol. The first-order valence-corrected chi connectivity index (χ1v) is 13.2. The van der Waals surface area contributed by atoms with Gasteiger partial charge in [-0.05, 0) is 44.8 Å². The highest BCUT2D eigenvalue weighted by atomic mass is 35.5. The van der Waals surface area contributed by atoms with E-state index in [1.807, 2.05) is 17.1 Å². The second-order valence-electron chi connectivity index (χ2n) is 9.36. The second-order valence-corrected chi connectivity index (χ2v) is 10.2. The van der Waals surface area contributed by atoms with E-state index >= 15 is 0 Å². The molecule has 1 aromatic rings. The molecule has 0 amide bonds. The topological polar surface area (TPSA) is 56.3 Å². The smallest absolute Gasteiger partial charge is 0.139 e. The fourth-order valence-electron chi connectivity index (χ4n) is 4.33. The third-order valence-electron chi connectivity index (χ3n) is 6.29. The molecule has 0 aliphatic carbocycles. The number of piperidine rings is 1. The van der Waals surface area contributed by atoms with Crippen LogP contribution in [-0.4, -0.2) is 40.4 Å². The number of hydrogen-bond acceptors (Lipinski definition) is 4. The van der Waals surface area contributed by atoms with Crippen molar-refractivity contribution in [3.8, 4) is 0 Å². The van der Waals surface area contributed by atoms with Crippen LogP contribution >= 0.6 is 23.2 Å². The average Bonchev–Trinajstić information content (AvgIpc) is 3.32. The van der Waals surface area contributed by atoms with Gasteiger partial charge in [0.15, 0.2) is 0 Å². The molecule has 1 aromatic heterocycles. The molecule has 1 fully saturated rings. The SMILES string of the molecule is C=C/C(=C\C(OC(C)/C(C(=C)Cl)=C(\Cl)C(=C)F)=C(/C)N)c1cnn(C2CCN(CC(=C)CCC)CC2)c1. The van der Waals surface area contributed by atoms with Gasteiger partial charge >= 0.3 is 0 Å². The molecule has 0 radical (unpaired) electrons. The van der Waals surface area contributed by atoms with Crippen LogP contribution in [0.25, 0.3) is 5.57 Å². The highest BCUT2D eigenvalue weighted by Gasteiger charge is 2.23. The van der Waals surface area contributed by atoms with Crippen molar-refractivity contribution in [2.45, 2.75) is 58.6 Å². The monoisotopic (exact) mass is 548 g/mol. The predicted octanol–water partition coefficient (Wildman–Crippen LogP) is 7.77. The van der Waals surface area contributed by atoms with Crippen LogP contribution in [0.3, 0.4) is 0 Å². The molecular weight excluding hydrogens is 510 g/mol. The minimum absolute atomic E-state index is 0.0558. The normalized spacial score (nSPS) is 17.5.